The number of nitrogens with zero attached hydrogens (tertiary/aromatic N) is 2. The molecule has 4 rings (SSSR count). The van der Waals surface area contributed by atoms with E-state index in [9.17, 15) is 4.79 Å². The average molecular weight is 236 g/mol. The molecule has 0 atom stereocenters. The number of carbonyl (C=O) groups excluding carboxylic acids is 1. The molecule has 5 nitrogen and oxygen atoms in total. The average Bonchev–Trinajstić information content (AvgIpc) is 2.86. The van der Waals surface area contributed by atoms with Gasteiger partial charge in [0.15, 0.2) is 0 Å². The Balaban J connectivity index is 1.70. The Kier molecular flexibility index (Phi) is 1.64. The molecular weight excluding hydrogens is 228 g/mol. The highest BCUT2D eigenvalue weighted by Crippen LogP contribution is 2.39. The molecule has 3 heterocycles. The van der Waals surface area contributed by atoms with Gasteiger partial charge in [0.2, 0.25) is 0 Å². The molecule has 0 saturated heterocycles. The van der Waals surface area contributed by atoms with Crippen LogP contribution in [0.5, 0.6) is 0 Å². The smallest absolute Gasteiger partial charge is 0.258 e. The van der Waals surface area contributed by atoms with Crippen molar-refractivity contribution >= 4 is 22.6 Å². The van der Waals surface area contributed by atoms with Gasteiger partial charge in [-0.1, -0.05) is 6.07 Å². The van der Waals surface area contributed by atoms with E-state index in [-0.39, 0.29) is 5.91 Å². The summed E-state index contributed by atoms with van der Waals surface area (Å²) in [5, 5.41) is 3.68. The minimum absolute atomic E-state index is 0.162. The lowest BCUT2D eigenvalue weighted by atomic mass is 10.2. The zero-order valence-electron chi connectivity index (χ0n) is 9.27. The molecule has 2 aromatic heterocycles. The fraction of sp³-hybridized carbons (Fsp3) is 0. The summed E-state index contributed by atoms with van der Waals surface area (Å²) in [6.07, 6.45) is 3.35. The number of aromatic nitrogens is 3. The number of rotatable bonds is 2. The van der Waals surface area contributed by atoms with Crippen molar-refractivity contribution in [3.8, 4) is 11.4 Å². The number of anilines is 1. The maximum absolute atomic E-state index is 12.1. The summed E-state index contributed by atoms with van der Waals surface area (Å²) in [4.78, 5) is 23.4. The maximum Gasteiger partial charge on any atom is 0.258 e. The molecule has 0 fully saturated rings. The summed E-state index contributed by atoms with van der Waals surface area (Å²) in [6, 6.07) is 7.31. The van der Waals surface area contributed by atoms with Crippen LogP contribution in [0.4, 0.5) is 5.82 Å². The molecule has 18 heavy (non-hydrogen) atoms. The van der Waals surface area contributed by atoms with Crippen LogP contribution in [0.2, 0.25) is 0 Å². The van der Waals surface area contributed by atoms with Gasteiger partial charge in [-0.25, -0.2) is 9.97 Å². The summed E-state index contributed by atoms with van der Waals surface area (Å²) in [5.41, 5.74) is 3.51. The molecule has 0 unspecified atom stereocenters. The second kappa shape index (κ2) is 3.16. The van der Waals surface area contributed by atoms with Crippen LogP contribution in [0.3, 0.4) is 0 Å². The third-order valence-corrected chi connectivity index (χ3v) is 3.01. The standard InChI is InChI=1S/C13H8N4O/c18-13(17-10-3-1-2-4-14-10)8-6-15-11-7(8)5-9-12(11)16-9/h1-6,15H,(H,14,17,18). The van der Waals surface area contributed by atoms with E-state index >= 15 is 0 Å². The predicted octanol–water partition coefficient (Wildman–Crippen LogP) is 2.19. The second-order valence-electron chi connectivity index (χ2n) is 4.15. The van der Waals surface area contributed by atoms with Crippen molar-refractivity contribution in [1.29, 1.82) is 0 Å². The first kappa shape index (κ1) is 9.35. The summed E-state index contributed by atoms with van der Waals surface area (Å²) in [5.74, 6) is 0.385. The number of amides is 1. The fourth-order valence-electron chi connectivity index (χ4n) is 2.10. The highest BCUT2D eigenvalue weighted by Gasteiger charge is 2.25. The van der Waals surface area contributed by atoms with Gasteiger partial charge in [-0.3, -0.25) is 4.79 Å². The highest BCUT2D eigenvalue weighted by molar-refractivity contribution is 6.17. The number of hydrogen-bond donors (Lipinski definition) is 2. The molecule has 0 bridgehead atoms. The molecule has 2 aliphatic rings. The highest BCUT2D eigenvalue weighted by atomic mass is 16.1. The zero-order valence-corrected chi connectivity index (χ0v) is 9.27. The van der Waals surface area contributed by atoms with Crippen molar-refractivity contribution in [2.24, 2.45) is 0 Å². The zero-order chi connectivity index (χ0) is 12.1. The van der Waals surface area contributed by atoms with E-state index in [4.69, 9.17) is 0 Å². The van der Waals surface area contributed by atoms with Crippen molar-refractivity contribution in [2.45, 2.75) is 0 Å². The van der Waals surface area contributed by atoms with Gasteiger partial charge < -0.3 is 10.3 Å². The Morgan fingerprint density at radius 3 is 3.11 bits per heavy atom. The van der Waals surface area contributed by atoms with Crippen molar-refractivity contribution in [1.82, 2.24) is 15.0 Å². The molecular formula is C13H8N4O. The molecule has 0 radical (unpaired) electrons. The maximum atomic E-state index is 12.1. The molecule has 86 valence electrons. The largest absolute Gasteiger partial charge is 0.359 e. The monoisotopic (exact) mass is 236 g/mol. The number of hydrogen-bond acceptors (Lipinski definition) is 3. The lowest BCUT2D eigenvalue weighted by molar-refractivity contribution is 0.102. The Labute approximate surface area is 102 Å². The van der Waals surface area contributed by atoms with Gasteiger partial charge in [0.1, 0.15) is 11.5 Å². The first-order valence-electron chi connectivity index (χ1n) is 5.58. The molecule has 2 aromatic rings. The molecule has 1 aliphatic carbocycles. The van der Waals surface area contributed by atoms with E-state index in [2.05, 4.69) is 20.3 Å². The Morgan fingerprint density at radius 2 is 2.28 bits per heavy atom. The van der Waals surface area contributed by atoms with Crippen LogP contribution in [0.25, 0.3) is 22.3 Å². The van der Waals surface area contributed by atoms with E-state index in [0.29, 0.717) is 11.4 Å². The van der Waals surface area contributed by atoms with Gasteiger partial charge in [-0.15, -0.1) is 0 Å². The molecule has 0 saturated carbocycles. The molecule has 0 aromatic carbocycles. The van der Waals surface area contributed by atoms with Gasteiger partial charge in [-0.2, -0.15) is 0 Å². The van der Waals surface area contributed by atoms with E-state index in [1.165, 1.54) is 0 Å². The van der Waals surface area contributed by atoms with Gasteiger partial charge in [0, 0.05) is 17.8 Å². The van der Waals surface area contributed by atoms with Crippen molar-refractivity contribution < 1.29 is 4.79 Å². The van der Waals surface area contributed by atoms with E-state index in [0.717, 1.165) is 22.3 Å². The second-order valence-corrected chi connectivity index (χ2v) is 4.15. The van der Waals surface area contributed by atoms with E-state index in [1.54, 1.807) is 24.5 Å². The molecule has 0 spiro atoms. The Bertz CT molecular complexity index is 776. The fourth-order valence-corrected chi connectivity index (χ4v) is 2.10. The van der Waals surface area contributed by atoms with E-state index < -0.39 is 0 Å². The van der Waals surface area contributed by atoms with Crippen LogP contribution in [0, 0.1) is 0 Å². The normalized spacial score (nSPS) is 11.6. The minimum Gasteiger partial charge on any atom is -0.359 e. The quantitative estimate of drug-likeness (QED) is 0.560. The van der Waals surface area contributed by atoms with Gasteiger partial charge >= 0.3 is 0 Å². The Hall–Kier alpha value is -2.69. The number of fused-ring (bicyclic) bond motifs is 3. The molecule has 2 N–H and O–H groups in total. The van der Waals surface area contributed by atoms with Crippen LogP contribution in [0.15, 0.2) is 36.7 Å². The van der Waals surface area contributed by atoms with Gasteiger partial charge in [-0.05, 0) is 18.2 Å². The van der Waals surface area contributed by atoms with Crippen molar-refractivity contribution in [3.63, 3.8) is 0 Å². The first-order chi connectivity index (χ1) is 8.83. The van der Waals surface area contributed by atoms with Crippen molar-refractivity contribution in [3.05, 3.63) is 42.2 Å². The molecule has 5 heteroatoms. The Morgan fingerprint density at radius 1 is 1.33 bits per heavy atom. The lowest BCUT2D eigenvalue weighted by Gasteiger charge is -2.01. The molecule has 1 amide bonds. The minimum atomic E-state index is -0.162. The van der Waals surface area contributed by atoms with Crippen molar-refractivity contribution in [2.75, 3.05) is 5.32 Å². The number of aromatic amines is 1. The topological polar surface area (TPSA) is 70.7 Å². The number of pyridine rings is 2. The summed E-state index contributed by atoms with van der Waals surface area (Å²) in [7, 11) is 0. The van der Waals surface area contributed by atoms with Crippen LogP contribution < -0.4 is 5.32 Å². The summed E-state index contributed by atoms with van der Waals surface area (Å²) >= 11 is 0. The predicted molar refractivity (Wildman–Crippen MR) is 67.3 cm³/mol. The van der Waals surface area contributed by atoms with Crippen LogP contribution in [-0.4, -0.2) is 20.9 Å². The number of H-pyrrole nitrogens is 1. The summed E-state index contributed by atoms with van der Waals surface area (Å²) < 4.78 is 0. The van der Waals surface area contributed by atoms with E-state index in [1.807, 2.05) is 12.1 Å². The SMILES string of the molecule is O=C(Nc1ccccn1)c1c[nH]c2c3nc-3cc12. The number of nitrogens with one attached hydrogen (secondary N) is 2. The van der Waals surface area contributed by atoms with Crippen LogP contribution in [-0.2, 0) is 0 Å². The third kappa shape index (κ3) is 1.24. The third-order valence-electron chi connectivity index (χ3n) is 3.01. The van der Waals surface area contributed by atoms with Crippen LogP contribution in [0.1, 0.15) is 10.4 Å². The lowest BCUT2D eigenvalue weighted by Crippen LogP contribution is -2.12. The van der Waals surface area contributed by atoms with Gasteiger partial charge in [0.25, 0.3) is 5.91 Å². The van der Waals surface area contributed by atoms with Crippen LogP contribution >= 0.6 is 0 Å². The number of carbonyl (C=O) groups is 1. The first-order valence-corrected chi connectivity index (χ1v) is 5.58. The molecule has 1 aliphatic heterocycles. The summed E-state index contributed by atoms with van der Waals surface area (Å²) in [6.45, 7) is 0. The van der Waals surface area contributed by atoms with Gasteiger partial charge in [0.05, 0.1) is 16.8 Å².